The van der Waals surface area contributed by atoms with E-state index in [-0.39, 0.29) is 6.10 Å². The Balaban J connectivity index is 2.13. The zero-order valence-electron chi connectivity index (χ0n) is 11.2. The molecule has 1 aliphatic carbocycles. The number of aliphatic hydroxyl groups excluding tert-OH is 1. The minimum Gasteiger partial charge on any atom is -0.388 e. The molecule has 0 amide bonds. The van der Waals surface area contributed by atoms with Crippen molar-refractivity contribution in [1.29, 1.82) is 0 Å². The van der Waals surface area contributed by atoms with E-state index in [9.17, 15) is 5.11 Å². The van der Waals surface area contributed by atoms with E-state index >= 15 is 0 Å². The van der Waals surface area contributed by atoms with E-state index in [2.05, 4.69) is 39.0 Å². The summed E-state index contributed by atoms with van der Waals surface area (Å²) in [5, 5.41) is 10.5. The monoisotopic (exact) mass is 232 g/mol. The van der Waals surface area contributed by atoms with Crippen LogP contribution in [-0.4, -0.2) is 5.11 Å². The standard InChI is InChI=1S/C16H24O/c1-11-5-8-14(9-6-11)16(17)15-10-12(2)4-7-13(15)3/h4,7,10-11,14,16-17H,5-6,8-9H2,1-3H3. The van der Waals surface area contributed by atoms with E-state index in [0.29, 0.717) is 5.92 Å². The fourth-order valence-electron chi connectivity index (χ4n) is 2.93. The molecule has 94 valence electrons. The number of aliphatic hydroxyl groups is 1. The first-order chi connectivity index (χ1) is 8.08. The van der Waals surface area contributed by atoms with Gasteiger partial charge in [0.05, 0.1) is 6.10 Å². The Kier molecular flexibility index (Phi) is 3.88. The van der Waals surface area contributed by atoms with Crippen LogP contribution in [0.25, 0.3) is 0 Å². The van der Waals surface area contributed by atoms with Crippen molar-refractivity contribution in [1.82, 2.24) is 0 Å². The van der Waals surface area contributed by atoms with Gasteiger partial charge in [0.15, 0.2) is 0 Å². The maximum Gasteiger partial charge on any atom is 0.0820 e. The predicted molar refractivity (Wildman–Crippen MR) is 72.0 cm³/mol. The summed E-state index contributed by atoms with van der Waals surface area (Å²) in [5.74, 6) is 1.31. The number of rotatable bonds is 2. The molecule has 0 saturated heterocycles. The van der Waals surface area contributed by atoms with Crippen LogP contribution in [0.4, 0.5) is 0 Å². The molecule has 17 heavy (non-hydrogen) atoms. The second-order valence-electron chi connectivity index (χ2n) is 5.82. The number of hydrogen-bond acceptors (Lipinski definition) is 1. The number of benzene rings is 1. The Morgan fingerprint density at radius 2 is 1.76 bits per heavy atom. The molecule has 1 unspecified atom stereocenters. The van der Waals surface area contributed by atoms with Crippen LogP contribution >= 0.6 is 0 Å². The van der Waals surface area contributed by atoms with Crippen molar-refractivity contribution in [3.8, 4) is 0 Å². The van der Waals surface area contributed by atoms with Gasteiger partial charge in [0.1, 0.15) is 0 Å². The second-order valence-corrected chi connectivity index (χ2v) is 5.82. The Morgan fingerprint density at radius 3 is 2.41 bits per heavy atom. The maximum absolute atomic E-state index is 10.5. The molecule has 1 aromatic carbocycles. The first-order valence-corrected chi connectivity index (χ1v) is 6.83. The molecule has 0 bridgehead atoms. The summed E-state index contributed by atoms with van der Waals surface area (Å²) >= 11 is 0. The van der Waals surface area contributed by atoms with E-state index in [1.807, 2.05) is 0 Å². The van der Waals surface area contributed by atoms with Gasteiger partial charge in [0.2, 0.25) is 0 Å². The lowest BCUT2D eigenvalue weighted by atomic mass is 9.78. The van der Waals surface area contributed by atoms with Crippen molar-refractivity contribution >= 4 is 0 Å². The van der Waals surface area contributed by atoms with Crippen LogP contribution in [0.1, 0.15) is 55.4 Å². The molecule has 1 heteroatoms. The van der Waals surface area contributed by atoms with Crippen molar-refractivity contribution in [3.63, 3.8) is 0 Å². The average molecular weight is 232 g/mol. The third kappa shape index (κ3) is 2.90. The van der Waals surface area contributed by atoms with Gasteiger partial charge in [-0.1, -0.05) is 43.5 Å². The van der Waals surface area contributed by atoms with Crippen molar-refractivity contribution in [2.45, 2.75) is 52.6 Å². The zero-order chi connectivity index (χ0) is 12.4. The van der Waals surface area contributed by atoms with E-state index in [0.717, 1.165) is 11.5 Å². The molecule has 1 aromatic rings. The molecule has 1 nitrogen and oxygen atoms in total. The van der Waals surface area contributed by atoms with Crippen LogP contribution in [0.3, 0.4) is 0 Å². The zero-order valence-corrected chi connectivity index (χ0v) is 11.2. The quantitative estimate of drug-likeness (QED) is 0.811. The summed E-state index contributed by atoms with van der Waals surface area (Å²) in [7, 11) is 0. The highest BCUT2D eigenvalue weighted by Gasteiger charge is 2.26. The van der Waals surface area contributed by atoms with Crippen molar-refractivity contribution in [3.05, 3.63) is 34.9 Å². The van der Waals surface area contributed by atoms with Gasteiger partial charge in [-0.05, 0) is 49.7 Å². The molecule has 0 spiro atoms. The third-order valence-electron chi connectivity index (χ3n) is 4.26. The molecule has 1 fully saturated rings. The lowest BCUT2D eigenvalue weighted by Gasteiger charge is -2.30. The molecule has 1 aliphatic rings. The molecular weight excluding hydrogens is 208 g/mol. The van der Waals surface area contributed by atoms with Gasteiger partial charge in [0.25, 0.3) is 0 Å². The fourth-order valence-corrected chi connectivity index (χ4v) is 2.93. The van der Waals surface area contributed by atoms with E-state index in [1.54, 1.807) is 0 Å². The third-order valence-corrected chi connectivity index (χ3v) is 4.26. The van der Waals surface area contributed by atoms with Gasteiger partial charge in [-0.15, -0.1) is 0 Å². The Bertz CT molecular complexity index is 375. The Morgan fingerprint density at radius 1 is 1.12 bits per heavy atom. The van der Waals surface area contributed by atoms with Crippen molar-refractivity contribution in [2.24, 2.45) is 11.8 Å². The molecule has 0 heterocycles. The fraction of sp³-hybridized carbons (Fsp3) is 0.625. The normalized spacial score (nSPS) is 26.8. The van der Waals surface area contributed by atoms with Crippen LogP contribution in [0.5, 0.6) is 0 Å². The number of aryl methyl sites for hydroxylation is 2. The van der Waals surface area contributed by atoms with Crippen LogP contribution in [-0.2, 0) is 0 Å². The molecule has 2 rings (SSSR count). The first-order valence-electron chi connectivity index (χ1n) is 6.83. The highest BCUT2D eigenvalue weighted by molar-refractivity contribution is 5.32. The average Bonchev–Trinajstić information content (AvgIpc) is 2.32. The van der Waals surface area contributed by atoms with Gasteiger partial charge in [-0.3, -0.25) is 0 Å². The minimum absolute atomic E-state index is 0.262. The van der Waals surface area contributed by atoms with Crippen LogP contribution in [0.15, 0.2) is 18.2 Å². The summed E-state index contributed by atoms with van der Waals surface area (Å²) in [4.78, 5) is 0. The highest BCUT2D eigenvalue weighted by atomic mass is 16.3. The smallest absolute Gasteiger partial charge is 0.0820 e. The lowest BCUT2D eigenvalue weighted by molar-refractivity contribution is 0.0750. The summed E-state index contributed by atoms with van der Waals surface area (Å²) in [6, 6.07) is 6.39. The topological polar surface area (TPSA) is 20.2 Å². The van der Waals surface area contributed by atoms with Crippen LogP contribution in [0, 0.1) is 25.7 Å². The molecule has 1 N–H and O–H groups in total. The summed E-state index contributed by atoms with van der Waals surface area (Å²) < 4.78 is 0. The Hall–Kier alpha value is -0.820. The maximum atomic E-state index is 10.5. The summed E-state index contributed by atoms with van der Waals surface area (Å²) in [6.45, 7) is 6.52. The molecular formula is C16H24O. The predicted octanol–water partition coefficient (Wildman–Crippen LogP) is 4.16. The molecule has 0 aliphatic heterocycles. The van der Waals surface area contributed by atoms with E-state index < -0.39 is 0 Å². The van der Waals surface area contributed by atoms with Crippen LogP contribution < -0.4 is 0 Å². The lowest BCUT2D eigenvalue weighted by Crippen LogP contribution is -2.20. The van der Waals surface area contributed by atoms with Crippen LogP contribution in [0.2, 0.25) is 0 Å². The van der Waals surface area contributed by atoms with Gasteiger partial charge in [-0.2, -0.15) is 0 Å². The molecule has 0 aromatic heterocycles. The van der Waals surface area contributed by atoms with E-state index in [4.69, 9.17) is 0 Å². The number of hydrogen-bond donors (Lipinski definition) is 1. The van der Waals surface area contributed by atoms with Crippen molar-refractivity contribution < 1.29 is 5.11 Å². The molecule has 0 radical (unpaired) electrons. The van der Waals surface area contributed by atoms with Gasteiger partial charge >= 0.3 is 0 Å². The molecule has 1 saturated carbocycles. The molecule has 1 atom stereocenters. The highest BCUT2D eigenvalue weighted by Crippen LogP contribution is 2.37. The van der Waals surface area contributed by atoms with Crippen molar-refractivity contribution in [2.75, 3.05) is 0 Å². The first kappa shape index (κ1) is 12.6. The van der Waals surface area contributed by atoms with Gasteiger partial charge in [0, 0.05) is 0 Å². The van der Waals surface area contributed by atoms with Gasteiger partial charge < -0.3 is 5.11 Å². The van der Waals surface area contributed by atoms with Gasteiger partial charge in [-0.25, -0.2) is 0 Å². The largest absolute Gasteiger partial charge is 0.388 e. The minimum atomic E-state index is -0.262. The SMILES string of the molecule is Cc1ccc(C)c(C(O)C2CCC(C)CC2)c1. The second kappa shape index (κ2) is 5.22. The summed E-state index contributed by atoms with van der Waals surface area (Å²) in [5.41, 5.74) is 3.61. The van der Waals surface area contributed by atoms with E-state index in [1.165, 1.54) is 36.8 Å². The Labute approximate surface area is 105 Å². The summed E-state index contributed by atoms with van der Waals surface area (Å²) in [6.07, 6.45) is 4.63.